The van der Waals surface area contributed by atoms with Crippen LogP contribution in [-0.2, 0) is 9.53 Å². The van der Waals surface area contributed by atoms with Crippen molar-refractivity contribution in [2.24, 2.45) is 29.1 Å². The Hall–Kier alpha value is -1.44. The molecule has 0 aromatic carbocycles. The number of ether oxygens (including phenoxy) is 1. The molecule has 3 aliphatic carbocycles. The normalized spacial score (nSPS) is 32.1. The molecule has 4 aliphatic rings. The van der Waals surface area contributed by atoms with Crippen molar-refractivity contribution in [2.45, 2.75) is 97.3 Å². The summed E-state index contributed by atoms with van der Waals surface area (Å²) in [5.41, 5.74) is 0.105. The topological polar surface area (TPSA) is 105 Å². The SMILES string of the molecule is C.CC(C)[C@@H](NCC1C=CC(OC2C=CC=CC2)CC1)C(=O)N1CC[C@H](C2C=CC(Cl)CC2)C(C)(C)C1.O.O. The van der Waals surface area contributed by atoms with E-state index in [9.17, 15) is 4.79 Å². The minimum atomic E-state index is -0.134. The third kappa shape index (κ3) is 9.57. The Morgan fingerprint density at radius 3 is 2.33 bits per heavy atom. The van der Waals surface area contributed by atoms with Crippen molar-refractivity contribution in [1.29, 1.82) is 0 Å². The average molecular weight is 567 g/mol. The molecule has 4 rings (SSSR count). The van der Waals surface area contributed by atoms with Gasteiger partial charge in [0.25, 0.3) is 0 Å². The van der Waals surface area contributed by atoms with Crippen molar-refractivity contribution < 1.29 is 20.5 Å². The van der Waals surface area contributed by atoms with Crippen molar-refractivity contribution in [2.75, 3.05) is 19.6 Å². The predicted octanol–water partition coefficient (Wildman–Crippen LogP) is 5.27. The Kier molecular flexibility index (Phi) is 14.7. The van der Waals surface area contributed by atoms with Crippen LogP contribution in [0.5, 0.6) is 0 Å². The zero-order chi connectivity index (χ0) is 25.7. The zero-order valence-corrected chi connectivity index (χ0v) is 24.5. The number of nitrogens with zero attached hydrogens (tertiary/aromatic N) is 1. The Morgan fingerprint density at radius 2 is 1.77 bits per heavy atom. The quantitative estimate of drug-likeness (QED) is 0.319. The highest BCUT2D eigenvalue weighted by Crippen LogP contribution is 2.43. The number of allylic oxidation sites excluding steroid dienone is 4. The molecule has 39 heavy (non-hydrogen) atoms. The third-order valence-corrected chi connectivity index (χ3v) is 9.09. The summed E-state index contributed by atoms with van der Waals surface area (Å²) in [6, 6.07) is -0.134. The summed E-state index contributed by atoms with van der Waals surface area (Å²) in [4.78, 5) is 15.8. The van der Waals surface area contributed by atoms with Gasteiger partial charge < -0.3 is 25.9 Å². The van der Waals surface area contributed by atoms with Gasteiger partial charge in [0.15, 0.2) is 0 Å². The molecule has 0 aromatic rings. The molecule has 1 amide bonds. The number of halogens is 1. The number of piperidine rings is 1. The van der Waals surface area contributed by atoms with Crippen LogP contribution < -0.4 is 5.32 Å². The molecular weight excluding hydrogens is 512 g/mol. The molecule has 0 bridgehead atoms. The molecule has 0 spiro atoms. The van der Waals surface area contributed by atoms with Crippen LogP contribution in [0.15, 0.2) is 48.6 Å². The van der Waals surface area contributed by atoms with Crippen LogP contribution in [0.2, 0.25) is 0 Å². The van der Waals surface area contributed by atoms with Crippen molar-refractivity contribution in [3.05, 3.63) is 48.6 Å². The lowest BCUT2D eigenvalue weighted by Gasteiger charge is -2.48. The van der Waals surface area contributed by atoms with Crippen LogP contribution in [0.25, 0.3) is 0 Å². The van der Waals surface area contributed by atoms with Gasteiger partial charge in [-0.1, -0.05) is 83.7 Å². The standard InChI is InChI=1S/C31H47ClN2O2.CH4.2H2O/c1-22(2)29(33-20-23-10-16-27(17-11-23)36-26-8-6-5-7-9-26)30(35)34-19-18-28(31(3,4)21-34)24-12-14-25(32)15-13-24;;;/h5-8,10,12,14,16,22-29,33H,9,11,13,15,17-21H2,1-4H3;1H4;2*1H2/t23?,24?,25?,26?,27?,28-,29-;;;/m1.../s1. The molecule has 1 heterocycles. The lowest BCUT2D eigenvalue weighted by atomic mass is 9.65. The van der Waals surface area contributed by atoms with E-state index < -0.39 is 0 Å². The number of hydrogen-bond donors (Lipinski definition) is 1. The number of hydrogen-bond acceptors (Lipinski definition) is 3. The first-order chi connectivity index (χ1) is 17.2. The molecule has 224 valence electrons. The maximum absolute atomic E-state index is 13.7. The van der Waals surface area contributed by atoms with E-state index in [-0.39, 0.29) is 59.2 Å². The van der Waals surface area contributed by atoms with Crippen LogP contribution >= 0.6 is 11.6 Å². The molecule has 5 N–H and O–H groups in total. The number of carbonyl (C=O) groups excluding carboxylic acids is 1. The Morgan fingerprint density at radius 1 is 1.00 bits per heavy atom. The summed E-state index contributed by atoms with van der Waals surface area (Å²) < 4.78 is 6.22. The van der Waals surface area contributed by atoms with E-state index in [4.69, 9.17) is 16.3 Å². The fourth-order valence-electron chi connectivity index (χ4n) is 6.60. The lowest BCUT2D eigenvalue weighted by molar-refractivity contribution is -0.139. The number of amides is 1. The van der Waals surface area contributed by atoms with Gasteiger partial charge in [-0.05, 0) is 67.6 Å². The molecule has 6 nitrogen and oxygen atoms in total. The van der Waals surface area contributed by atoms with Crippen LogP contribution in [0.3, 0.4) is 0 Å². The highest BCUT2D eigenvalue weighted by molar-refractivity contribution is 6.21. The van der Waals surface area contributed by atoms with E-state index in [1.54, 1.807) is 0 Å². The number of alkyl halides is 1. The minimum Gasteiger partial charge on any atom is -0.412 e. The van der Waals surface area contributed by atoms with Gasteiger partial charge in [-0.25, -0.2) is 0 Å². The number of likely N-dealkylation sites (tertiary alicyclic amines) is 1. The van der Waals surface area contributed by atoms with Gasteiger partial charge in [0.1, 0.15) is 0 Å². The van der Waals surface area contributed by atoms with Gasteiger partial charge in [0, 0.05) is 19.6 Å². The Bertz CT molecular complexity index is 868. The summed E-state index contributed by atoms with van der Waals surface area (Å²) in [6.45, 7) is 11.6. The van der Waals surface area contributed by atoms with Crippen molar-refractivity contribution >= 4 is 17.5 Å². The predicted molar refractivity (Wildman–Crippen MR) is 164 cm³/mol. The van der Waals surface area contributed by atoms with E-state index in [1.807, 2.05) is 0 Å². The summed E-state index contributed by atoms with van der Waals surface area (Å²) in [6.07, 6.45) is 24.3. The van der Waals surface area contributed by atoms with Gasteiger partial charge in [-0.15, -0.1) is 11.6 Å². The van der Waals surface area contributed by atoms with Crippen LogP contribution in [0, 0.1) is 29.1 Å². The summed E-state index contributed by atoms with van der Waals surface area (Å²) in [5.74, 6) is 2.18. The smallest absolute Gasteiger partial charge is 0.239 e. The van der Waals surface area contributed by atoms with E-state index in [1.165, 1.54) is 0 Å². The molecule has 0 radical (unpaired) electrons. The lowest BCUT2D eigenvalue weighted by Crippen LogP contribution is -2.56. The van der Waals surface area contributed by atoms with Gasteiger partial charge in [0.2, 0.25) is 5.91 Å². The highest BCUT2D eigenvalue weighted by atomic mass is 35.5. The van der Waals surface area contributed by atoms with Crippen molar-refractivity contribution in [1.82, 2.24) is 10.2 Å². The van der Waals surface area contributed by atoms with E-state index in [2.05, 4.69) is 86.5 Å². The molecule has 7 heteroatoms. The first-order valence-electron chi connectivity index (χ1n) is 14.2. The number of carbonyl (C=O) groups is 1. The molecular formula is C32H55ClN2O4. The van der Waals surface area contributed by atoms with Gasteiger partial charge in [0.05, 0.1) is 23.6 Å². The molecule has 0 aromatic heterocycles. The fourth-order valence-corrected chi connectivity index (χ4v) is 6.81. The van der Waals surface area contributed by atoms with E-state index in [0.717, 1.165) is 58.2 Å². The second kappa shape index (κ2) is 16.1. The van der Waals surface area contributed by atoms with E-state index in [0.29, 0.717) is 17.8 Å². The van der Waals surface area contributed by atoms with Crippen LogP contribution in [0.4, 0.5) is 0 Å². The summed E-state index contributed by atoms with van der Waals surface area (Å²) in [7, 11) is 0. The molecule has 1 fully saturated rings. The summed E-state index contributed by atoms with van der Waals surface area (Å²) >= 11 is 6.29. The Balaban J connectivity index is 0.00000253. The maximum atomic E-state index is 13.7. The van der Waals surface area contributed by atoms with Gasteiger partial charge in [-0.3, -0.25) is 4.79 Å². The van der Waals surface area contributed by atoms with E-state index >= 15 is 0 Å². The molecule has 7 atom stereocenters. The molecule has 5 unspecified atom stereocenters. The second-order valence-corrected chi connectivity index (χ2v) is 13.0. The number of rotatable bonds is 8. The minimum absolute atomic E-state index is 0. The maximum Gasteiger partial charge on any atom is 0.239 e. The Labute approximate surface area is 242 Å². The van der Waals surface area contributed by atoms with Gasteiger partial charge in [-0.2, -0.15) is 0 Å². The second-order valence-electron chi connectivity index (χ2n) is 12.4. The van der Waals surface area contributed by atoms with Gasteiger partial charge >= 0.3 is 0 Å². The first-order valence-corrected chi connectivity index (χ1v) is 14.7. The average Bonchev–Trinajstić information content (AvgIpc) is 2.85. The molecule has 0 saturated carbocycles. The third-order valence-electron chi connectivity index (χ3n) is 8.73. The zero-order valence-electron chi connectivity index (χ0n) is 23.7. The highest BCUT2D eigenvalue weighted by Gasteiger charge is 2.42. The van der Waals surface area contributed by atoms with Crippen molar-refractivity contribution in [3.8, 4) is 0 Å². The largest absolute Gasteiger partial charge is 0.412 e. The summed E-state index contributed by atoms with van der Waals surface area (Å²) in [5, 5.41) is 3.85. The van der Waals surface area contributed by atoms with Crippen LogP contribution in [-0.4, -0.2) is 65.0 Å². The number of nitrogens with one attached hydrogen (secondary N) is 1. The van der Waals surface area contributed by atoms with Crippen molar-refractivity contribution in [3.63, 3.8) is 0 Å². The molecule has 1 aliphatic heterocycles. The molecule has 1 saturated heterocycles. The first kappa shape index (κ1) is 35.6. The van der Waals surface area contributed by atoms with Crippen LogP contribution in [0.1, 0.15) is 73.6 Å². The monoisotopic (exact) mass is 566 g/mol. The fraction of sp³-hybridized carbons (Fsp3) is 0.719.